The number of carbonyl (C=O) groups is 7. The molecule has 1 aromatic heterocycles. The second-order valence-electron chi connectivity index (χ2n) is 13.7. The van der Waals surface area contributed by atoms with Crippen molar-refractivity contribution in [3.8, 4) is 0 Å². The van der Waals surface area contributed by atoms with Gasteiger partial charge >= 0.3 is 17.9 Å². The van der Waals surface area contributed by atoms with Crippen molar-refractivity contribution < 1.29 is 58.4 Å². The van der Waals surface area contributed by atoms with Gasteiger partial charge < -0.3 is 45.6 Å². The van der Waals surface area contributed by atoms with Crippen LogP contribution < -0.4 is 16.0 Å². The number of unbranched alkanes of at least 4 members (excludes halogenated alkanes) is 1. The summed E-state index contributed by atoms with van der Waals surface area (Å²) < 4.78 is 10.6. The molecule has 2 aliphatic rings. The highest BCUT2D eigenvalue weighted by Gasteiger charge is 2.64. The van der Waals surface area contributed by atoms with Crippen LogP contribution in [0.1, 0.15) is 53.6 Å². The Bertz CT molecular complexity index is 1690. The van der Waals surface area contributed by atoms with Gasteiger partial charge in [-0.05, 0) is 60.6 Å². The van der Waals surface area contributed by atoms with Crippen LogP contribution in [0.25, 0.3) is 6.08 Å². The topological polar surface area (TPSA) is 251 Å². The third-order valence-electron chi connectivity index (χ3n) is 9.87. The molecule has 2 unspecified atom stereocenters. The van der Waals surface area contributed by atoms with Crippen molar-refractivity contribution in [2.45, 2.75) is 38.6 Å². The lowest BCUT2D eigenvalue weighted by atomic mass is 9.56. The first-order valence-electron chi connectivity index (χ1n) is 18.6. The van der Waals surface area contributed by atoms with Gasteiger partial charge in [-0.2, -0.15) is 0 Å². The van der Waals surface area contributed by atoms with E-state index < -0.39 is 47.5 Å². The minimum atomic E-state index is -1.70. The van der Waals surface area contributed by atoms with Crippen molar-refractivity contribution in [2.75, 3.05) is 52.6 Å². The van der Waals surface area contributed by atoms with Crippen LogP contribution >= 0.6 is 0 Å². The summed E-state index contributed by atoms with van der Waals surface area (Å²) in [6.07, 6.45) is 11.4. The van der Waals surface area contributed by atoms with E-state index in [9.17, 15) is 48.9 Å². The first-order valence-corrected chi connectivity index (χ1v) is 18.6. The van der Waals surface area contributed by atoms with E-state index in [1.54, 1.807) is 36.7 Å². The van der Waals surface area contributed by atoms with Gasteiger partial charge in [0.25, 0.3) is 5.91 Å². The van der Waals surface area contributed by atoms with E-state index >= 15 is 0 Å². The highest BCUT2D eigenvalue weighted by Crippen LogP contribution is 2.47. The number of ether oxygens (including phenoxy) is 2. The first-order chi connectivity index (χ1) is 27.0. The molecule has 1 saturated heterocycles. The number of rotatable bonds is 22. The highest BCUT2D eigenvalue weighted by atomic mass is 16.5. The number of hydrogen-bond acceptors (Lipinski definition) is 10. The summed E-state index contributed by atoms with van der Waals surface area (Å²) in [5.74, 6) is -12.2. The van der Waals surface area contributed by atoms with E-state index in [1.165, 1.54) is 6.08 Å². The van der Waals surface area contributed by atoms with E-state index in [4.69, 9.17) is 9.47 Å². The van der Waals surface area contributed by atoms with Gasteiger partial charge in [-0.15, -0.1) is 0 Å². The maximum absolute atomic E-state index is 13.2. The number of hydrogen-bond donors (Lipinski definition) is 6. The number of carboxylic acids is 3. The molecule has 0 radical (unpaired) electrons. The van der Waals surface area contributed by atoms with Crippen molar-refractivity contribution in [1.82, 2.24) is 25.8 Å². The number of amides is 4. The predicted molar refractivity (Wildman–Crippen MR) is 199 cm³/mol. The van der Waals surface area contributed by atoms with Crippen molar-refractivity contribution in [3.63, 3.8) is 0 Å². The third-order valence-corrected chi connectivity index (χ3v) is 9.87. The Morgan fingerprint density at radius 1 is 0.786 bits per heavy atom. The minimum absolute atomic E-state index is 0.0194. The van der Waals surface area contributed by atoms with E-state index in [0.717, 1.165) is 43.2 Å². The Morgan fingerprint density at radius 3 is 2.16 bits per heavy atom. The number of carboxylic acid groups (broad SMARTS) is 3. The number of pyridine rings is 1. The van der Waals surface area contributed by atoms with Crippen LogP contribution in [0.2, 0.25) is 0 Å². The number of benzene rings is 1. The van der Waals surface area contributed by atoms with Crippen LogP contribution in [0.4, 0.5) is 0 Å². The van der Waals surface area contributed by atoms with Crippen LogP contribution in [0.15, 0.2) is 54.9 Å². The first kappa shape index (κ1) is 43.1. The number of piperidine rings is 1. The quantitative estimate of drug-likeness (QED) is 0.0732. The standard InChI is InChI=1S/C39H49N5O12/c45-29(10-9-26-7-4-13-40-22-26)41-14-2-1-5-25-11-16-44(17-12-25)36(48)28-8-3-6-27(21-28)23-43-30(46)24-56-20-19-55-18-15-42-35(47)31-32(37(49)50)34(39(53)54)33(31)38(51)52/h3-4,6-10,13,21-22,25,31-34H,1-2,5,11-12,14-20,23-24H2,(H,41,45)(H,42,47)(H,43,46)(H,49,50)(H,51,52)(H,53,54)/b10-9+. The molecule has 2 aromatic rings. The molecule has 56 heavy (non-hydrogen) atoms. The average Bonchev–Trinajstić information content (AvgIpc) is 3.16. The van der Waals surface area contributed by atoms with E-state index in [0.29, 0.717) is 31.1 Å². The molecule has 2 heterocycles. The molecule has 4 amide bonds. The van der Waals surface area contributed by atoms with E-state index in [1.807, 2.05) is 23.1 Å². The van der Waals surface area contributed by atoms with Crippen LogP contribution in [0.3, 0.4) is 0 Å². The minimum Gasteiger partial charge on any atom is -0.481 e. The Balaban J connectivity index is 1.03. The molecule has 6 N–H and O–H groups in total. The fraction of sp³-hybridized carbons (Fsp3) is 0.487. The van der Waals surface area contributed by atoms with Crippen LogP contribution in [-0.4, -0.2) is 119 Å². The maximum atomic E-state index is 13.2. The maximum Gasteiger partial charge on any atom is 0.308 e. The van der Waals surface area contributed by atoms with E-state index in [-0.39, 0.29) is 57.2 Å². The third kappa shape index (κ3) is 13.0. The molecule has 17 nitrogen and oxygen atoms in total. The Morgan fingerprint density at radius 2 is 1.48 bits per heavy atom. The van der Waals surface area contributed by atoms with Gasteiger partial charge in [-0.3, -0.25) is 38.5 Å². The van der Waals surface area contributed by atoms with Crippen molar-refractivity contribution in [2.24, 2.45) is 29.6 Å². The number of aliphatic carboxylic acids is 3. The Labute approximate surface area is 323 Å². The van der Waals surface area contributed by atoms with Crippen LogP contribution in [0.5, 0.6) is 0 Å². The molecule has 2 atom stereocenters. The fourth-order valence-corrected chi connectivity index (χ4v) is 6.89. The number of aromatic nitrogens is 1. The second-order valence-corrected chi connectivity index (χ2v) is 13.7. The lowest BCUT2D eigenvalue weighted by molar-refractivity contribution is -0.187. The molecule has 17 heteroatoms. The van der Waals surface area contributed by atoms with Crippen LogP contribution in [0, 0.1) is 29.6 Å². The summed E-state index contributed by atoms with van der Waals surface area (Å²) in [5.41, 5.74) is 2.17. The smallest absolute Gasteiger partial charge is 0.308 e. The summed E-state index contributed by atoms with van der Waals surface area (Å²) in [4.78, 5) is 90.2. The number of nitrogens with one attached hydrogen (secondary N) is 3. The molecule has 1 aromatic carbocycles. The summed E-state index contributed by atoms with van der Waals surface area (Å²) in [6, 6.07) is 10.8. The Hall–Kier alpha value is -5.68. The average molecular weight is 780 g/mol. The second kappa shape index (κ2) is 22.0. The predicted octanol–water partition coefficient (Wildman–Crippen LogP) is 1.43. The molecule has 0 spiro atoms. The zero-order chi connectivity index (χ0) is 40.5. The van der Waals surface area contributed by atoms with Gasteiger partial charge in [0.15, 0.2) is 0 Å². The zero-order valence-corrected chi connectivity index (χ0v) is 31.0. The molecule has 1 aliphatic heterocycles. The molecule has 1 saturated carbocycles. The van der Waals surface area contributed by atoms with Gasteiger partial charge in [0.05, 0.1) is 43.5 Å². The van der Waals surface area contributed by atoms with Crippen LogP contribution in [-0.2, 0) is 44.8 Å². The largest absolute Gasteiger partial charge is 0.481 e. The molecule has 4 rings (SSSR count). The highest BCUT2D eigenvalue weighted by molar-refractivity contribution is 5.98. The summed E-state index contributed by atoms with van der Waals surface area (Å²) >= 11 is 0. The SMILES string of the molecule is O=C(/C=C/c1cccnc1)NCCCCC1CCN(C(=O)c2cccc(CNC(=O)COCCOCCNC(=O)C3C(C(=O)O)C(C(=O)O)C3C(=O)O)c2)CC1. The van der Waals surface area contributed by atoms with Gasteiger partial charge in [0.1, 0.15) is 6.61 Å². The molecule has 302 valence electrons. The van der Waals surface area contributed by atoms with Gasteiger partial charge in [0, 0.05) is 56.8 Å². The van der Waals surface area contributed by atoms with Gasteiger partial charge in [0.2, 0.25) is 17.7 Å². The molecule has 0 bridgehead atoms. The number of nitrogens with zero attached hydrogens (tertiary/aromatic N) is 2. The molecular formula is C39H49N5O12. The molecular weight excluding hydrogens is 730 g/mol. The molecule has 2 fully saturated rings. The van der Waals surface area contributed by atoms with Gasteiger partial charge in [-0.25, -0.2) is 0 Å². The fourth-order valence-electron chi connectivity index (χ4n) is 6.89. The molecule has 1 aliphatic carbocycles. The van der Waals surface area contributed by atoms with Crippen molar-refractivity contribution in [1.29, 1.82) is 0 Å². The number of carbonyl (C=O) groups excluding carboxylic acids is 4. The Kier molecular flexibility index (Phi) is 16.9. The zero-order valence-electron chi connectivity index (χ0n) is 31.0. The van der Waals surface area contributed by atoms with Crippen molar-refractivity contribution >= 4 is 47.6 Å². The number of likely N-dealkylation sites (tertiary alicyclic amines) is 1. The van der Waals surface area contributed by atoms with Crippen molar-refractivity contribution in [3.05, 3.63) is 71.6 Å². The lowest BCUT2D eigenvalue weighted by Crippen LogP contribution is -2.62. The summed E-state index contributed by atoms with van der Waals surface area (Å²) in [5, 5.41) is 35.9. The summed E-state index contributed by atoms with van der Waals surface area (Å²) in [7, 11) is 0. The van der Waals surface area contributed by atoms with E-state index in [2.05, 4.69) is 20.9 Å². The van der Waals surface area contributed by atoms with Gasteiger partial charge in [-0.1, -0.05) is 31.0 Å². The monoisotopic (exact) mass is 779 g/mol. The lowest BCUT2D eigenvalue weighted by Gasteiger charge is -2.43. The normalized spacial score (nSPS) is 19.5. The summed E-state index contributed by atoms with van der Waals surface area (Å²) in [6.45, 7) is 1.93.